The molecule has 1 rings (SSSR count). The molecular weight excluding hydrogens is 256 g/mol. The van der Waals surface area contributed by atoms with E-state index in [1.807, 2.05) is 0 Å². The van der Waals surface area contributed by atoms with Crippen LogP contribution in [-0.2, 0) is 0 Å². The number of nitrogens with one attached hydrogen (secondary N) is 1. The van der Waals surface area contributed by atoms with E-state index in [4.69, 9.17) is 11.6 Å². The summed E-state index contributed by atoms with van der Waals surface area (Å²) in [6.07, 6.45) is 3.64. The zero-order valence-electron chi connectivity index (χ0n) is 13.3. The molecule has 1 N–H and O–H groups in total. The highest BCUT2D eigenvalue weighted by Gasteiger charge is 2.36. The molecule has 1 fully saturated rings. The van der Waals surface area contributed by atoms with Gasteiger partial charge < -0.3 is 5.32 Å². The highest BCUT2D eigenvalue weighted by molar-refractivity contribution is 6.25. The van der Waals surface area contributed by atoms with Crippen LogP contribution in [0.15, 0.2) is 11.1 Å². The Kier molecular flexibility index (Phi) is 6.85. The third kappa shape index (κ3) is 4.77. The lowest BCUT2D eigenvalue weighted by Crippen LogP contribution is -2.64. The summed E-state index contributed by atoms with van der Waals surface area (Å²) in [5, 5.41) is 3.81. The van der Waals surface area contributed by atoms with Gasteiger partial charge in [-0.2, -0.15) is 0 Å². The van der Waals surface area contributed by atoms with E-state index < -0.39 is 0 Å². The summed E-state index contributed by atoms with van der Waals surface area (Å²) in [4.78, 5) is 2.64. The lowest BCUT2D eigenvalue weighted by atomic mass is 9.86. The van der Waals surface area contributed by atoms with Gasteiger partial charge in [-0.3, -0.25) is 4.90 Å². The second kappa shape index (κ2) is 7.66. The van der Waals surface area contributed by atoms with Gasteiger partial charge >= 0.3 is 0 Å². The van der Waals surface area contributed by atoms with Crippen molar-refractivity contribution in [3.63, 3.8) is 0 Å². The molecule has 0 bridgehead atoms. The number of piperazine rings is 1. The summed E-state index contributed by atoms with van der Waals surface area (Å²) in [6.45, 7) is 14.6. The van der Waals surface area contributed by atoms with Crippen LogP contribution in [0.5, 0.6) is 0 Å². The summed E-state index contributed by atoms with van der Waals surface area (Å²) < 4.78 is 0. The average Bonchev–Trinajstić information content (AvgIpc) is 2.40. The van der Waals surface area contributed by atoms with Crippen molar-refractivity contribution in [2.75, 3.05) is 19.6 Å². The van der Waals surface area contributed by atoms with Crippen molar-refractivity contribution < 1.29 is 0 Å². The molecule has 0 radical (unpaired) electrons. The van der Waals surface area contributed by atoms with Crippen molar-refractivity contribution in [3.8, 4) is 0 Å². The van der Waals surface area contributed by atoms with Gasteiger partial charge in [0.2, 0.25) is 0 Å². The summed E-state index contributed by atoms with van der Waals surface area (Å²) >= 11 is 5.86. The number of hydrogen-bond donors (Lipinski definition) is 1. The minimum Gasteiger partial charge on any atom is -0.308 e. The molecule has 0 aromatic carbocycles. The molecule has 112 valence electrons. The quantitative estimate of drug-likeness (QED) is 0.794. The predicted molar refractivity (Wildman–Crippen MR) is 85.7 cm³/mol. The van der Waals surface area contributed by atoms with Crippen molar-refractivity contribution in [1.29, 1.82) is 0 Å². The van der Waals surface area contributed by atoms with Gasteiger partial charge in [0.1, 0.15) is 0 Å². The molecule has 3 heteroatoms. The van der Waals surface area contributed by atoms with E-state index in [-0.39, 0.29) is 0 Å². The molecule has 0 spiro atoms. The first-order chi connectivity index (χ1) is 8.96. The third-order valence-corrected chi connectivity index (χ3v) is 4.84. The van der Waals surface area contributed by atoms with Crippen molar-refractivity contribution in [3.05, 3.63) is 11.1 Å². The Morgan fingerprint density at radius 3 is 2.53 bits per heavy atom. The largest absolute Gasteiger partial charge is 0.308 e. The molecule has 2 nitrogen and oxygen atoms in total. The van der Waals surface area contributed by atoms with Crippen LogP contribution in [0.1, 0.15) is 53.9 Å². The highest BCUT2D eigenvalue weighted by atomic mass is 35.5. The van der Waals surface area contributed by atoms with Crippen molar-refractivity contribution in [1.82, 2.24) is 10.2 Å². The molecule has 0 aliphatic carbocycles. The van der Waals surface area contributed by atoms with Crippen molar-refractivity contribution >= 4 is 11.6 Å². The molecule has 1 unspecified atom stereocenters. The predicted octanol–water partition coefficient (Wildman–Crippen LogP) is 4.01. The molecule has 19 heavy (non-hydrogen) atoms. The first-order valence-electron chi connectivity index (χ1n) is 7.71. The van der Waals surface area contributed by atoms with Crippen LogP contribution < -0.4 is 5.32 Å². The summed E-state index contributed by atoms with van der Waals surface area (Å²) in [5.41, 5.74) is 3.28. The lowest BCUT2D eigenvalue weighted by molar-refractivity contribution is 0.0701. The molecule has 0 amide bonds. The lowest BCUT2D eigenvalue weighted by Gasteiger charge is -2.48. The Bertz CT molecular complexity index is 295. The number of nitrogens with zero attached hydrogens (tertiary/aromatic N) is 1. The van der Waals surface area contributed by atoms with Crippen LogP contribution in [0.3, 0.4) is 0 Å². The molecule has 1 saturated heterocycles. The Morgan fingerprint density at radius 1 is 1.42 bits per heavy atom. The fraction of sp³-hybridized carbons (Fsp3) is 0.875. The van der Waals surface area contributed by atoms with Gasteiger partial charge in [-0.05, 0) is 37.7 Å². The molecule has 1 heterocycles. The minimum absolute atomic E-state index is 0.292. The molecule has 0 aromatic rings. The van der Waals surface area contributed by atoms with Gasteiger partial charge in [-0.25, -0.2) is 0 Å². The molecule has 0 saturated carbocycles. The Balaban J connectivity index is 2.79. The highest BCUT2D eigenvalue weighted by Crippen LogP contribution is 2.26. The minimum atomic E-state index is 0.292. The maximum absolute atomic E-state index is 5.86. The monoisotopic (exact) mass is 286 g/mol. The molecule has 1 aliphatic heterocycles. The fourth-order valence-corrected chi connectivity index (χ4v) is 3.15. The van der Waals surface area contributed by atoms with Crippen LogP contribution in [0, 0.1) is 5.92 Å². The summed E-state index contributed by atoms with van der Waals surface area (Å²) in [5.74, 6) is 0.741. The van der Waals surface area contributed by atoms with E-state index in [1.54, 1.807) is 5.54 Å². The standard InChI is InChI=1S/C16H31ClN2/c1-6-16(7-2)12-19(11-14(5)9-17)15(10-18-16)8-13(3)4/h9,13,15,18H,6-8,10-12H2,1-5H3. The summed E-state index contributed by atoms with van der Waals surface area (Å²) in [7, 11) is 0. The zero-order chi connectivity index (χ0) is 14.5. The zero-order valence-corrected chi connectivity index (χ0v) is 14.1. The van der Waals surface area contributed by atoms with Gasteiger partial charge in [-0.15, -0.1) is 0 Å². The van der Waals surface area contributed by atoms with Crippen LogP contribution in [0.4, 0.5) is 0 Å². The summed E-state index contributed by atoms with van der Waals surface area (Å²) in [6, 6.07) is 0.637. The van der Waals surface area contributed by atoms with Gasteiger partial charge in [0.15, 0.2) is 0 Å². The maximum atomic E-state index is 5.86. The van der Waals surface area contributed by atoms with E-state index in [2.05, 4.69) is 44.8 Å². The van der Waals surface area contributed by atoms with Crippen LogP contribution in [0.2, 0.25) is 0 Å². The Labute approximate surface area is 124 Å². The normalized spacial score (nSPS) is 25.0. The van der Waals surface area contributed by atoms with E-state index >= 15 is 0 Å². The molecule has 0 aromatic heterocycles. The fourth-order valence-electron chi connectivity index (χ4n) is 3.08. The number of halogens is 1. The molecule has 1 atom stereocenters. The molecular formula is C16H31ClN2. The smallest absolute Gasteiger partial charge is 0.0304 e. The van der Waals surface area contributed by atoms with E-state index in [0.717, 1.165) is 25.6 Å². The second-order valence-corrected chi connectivity index (χ2v) is 6.73. The van der Waals surface area contributed by atoms with Gasteiger partial charge in [0.25, 0.3) is 0 Å². The topological polar surface area (TPSA) is 15.3 Å². The van der Waals surface area contributed by atoms with Crippen LogP contribution >= 0.6 is 11.6 Å². The van der Waals surface area contributed by atoms with Crippen molar-refractivity contribution in [2.45, 2.75) is 65.5 Å². The Morgan fingerprint density at radius 2 is 2.05 bits per heavy atom. The number of rotatable bonds is 6. The van der Waals surface area contributed by atoms with Gasteiger partial charge in [0, 0.05) is 36.8 Å². The average molecular weight is 287 g/mol. The van der Waals surface area contributed by atoms with Crippen LogP contribution in [0.25, 0.3) is 0 Å². The number of hydrogen-bond acceptors (Lipinski definition) is 2. The molecule has 1 aliphatic rings. The SMILES string of the molecule is CCC1(CC)CN(CC(C)=CCl)C(CC(C)C)CN1. The van der Waals surface area contributed by atoms with E-state index in [9.17, 15) is 0 Å². The van der Waals surface area contributed by atoms with Gasteiger partial charge in [0.05, 0.1) is 0 Å². The first-order valence-corrected chi connectivity index (χ1v) is 8.15. The Hall–Kier alpha value is -0.0500. The van der Waals surface area contributed by atoms with E-state index in [1.165, 1.54) is 24.8 Å². The van der Waals surface area contributed by atoms with Crippen LogP contribution in [-0.4, -0.2) is 36.1 Å². The second-order valence-electron chi connectivity index (χ2n) is 6.51. The van der Waals surface area contributed by atoms with E-state index in [0.29, 0.717) is 11.6 Å². The van der Waals surface area contributed by atoms with Crippen molar-refractivity contribution in [2.24, 2.45) is 5.92 Å². The third-order valence-electron chi connectivity index (χ3n) is 4.47. The maximum Gasteiger partial charge on any atom is 0.0304 e. The van der Waals surface area contributed by atoms with Gasteiger partial charge in [-0.1, -0.05) is 39.3 Å². The first kappa shape index (κ1) is 17.0.